The van der Waals surface area contributed by atoms with Gasteiger partial charge in [-0.25, -0.2) is 0 Å². The highest BCUT2D eigenvalue weighted by Crippen LogP contribution is 2.30. The third-order valence-corrected chi connectivity index (χ3v) is 4.11. The van der Waals surface area contributed by atoms with Gasteiger partial charge >= 0.3 is 6.18 Å². The van der Waals surface area contributed by atoms with E-state index in [4.69, 9.17) is 14.0 Å². The summed E-state index contributed by atoms with van der Waals surface area (Å²) in [4.78, 5) is 12.5. The van der Waals surface area contributed by atoms with Crippen molar-refractivity contribution in [1.29, 1.82) is 0 Å². The molecular weight excluding hydrogens is 389 g/mol. The van der Waals surface area contributed by atoms with E-state index < -0.39 is 17.6 Å². The first-order chi connectivity index (χ1) is 13.8. The summed E-state index contributed by atoms with van der Waals surface area (Å²) in [5.74, 6) is 0.764. The van der Waals surface area contributed by atoms with E-state index in [-0.39, 0.29) is 18.0 Å². The molecule has 3 aromatic rings. The van der Waals surface area contributed by atoms with Crippen LogP contribution >= 0.6 is 0 Å². The fraction of sp³-hybridized carbons (Fsp3) is 0.200. The van der Waals surface area contributed by atoms with Crippen LogP contribution in [-0.4, -0.2) is 18.2 Å². The number of rotatable bonds is 6. The van der Waals surface area contributed by atoms with E-state index in [9.17, 15) is 18.0 Å². The Hall–Kier alpha value is -3.49. The average molecular weight is 406 g/mol. The van der Waals surface area contributed by atoms with Gasteiger partial charge in [-0.05, 0) is 43.3 Å². The fourth-order valence-electron chi connectivity index (χ4n) is 2.56. The minimum atomic E-state index is -4.45. The summed E-state index contributed by atoms with van der Waals surface area (Å²) >= 11 is 0. The average Bonchev–Trinajstić information content (AvgIpc) is 3.07. The summed E-state index contributed by atoms with van der Waals surface area (Å²) in [7, 11) is 1.51. The molecule has 3 rings (SSSR count). The van der Waals surface area contributed by atoms with Crippen molar-refractivity contribution in [2.75, 3.05) is 12.4 Å². The van der Waals surface area contributed by atoms with Crippen LogP contribution in [0, 0.1) is 6.92 Å². The molecule has 9 heteroatoms. The molecule has 0 aliphatic heterocycles. The van der Waals surface area contributed by atoms with Gasteiger partial charge in [0.25, 0.3) is 5.91 Å². The van der Waals surface area contributed by atoms with Crippen molar-refractivity contribution in [3.63, 3.8) is 0 Å². The van der Waals surface area contributed by atoms with Crippen molar-refractivity contribution in [2.45, 2.75) is 19.7 Å². The molecule has 0 unspecified atom stereocenters. The van der Waals surface area contributed by atoms with Gasteiger partial charge in [-0.3, -0.25) is 4.79 Å². The molecule has 0 aliphatic rings. The highest BCUT2D eigenvalue weighted by molar-refractivity contribution is 6.03. The number of aromatic nitrogens is 1. The molecule has 6 nitrogen and oxygen atoms in total. The van der Waals surface area contributed by atoms with E-state index in [2.05, 4.69) is 10.5 Å². The zero-order valence-electron chi connectivity index (χ0n) is 15.5. The van der Waals surface area contributed by atoms with Gasteiger partial charge in [0.1, 0.15) is 12.4 Å². The Balaban J connectivity index is 1.74. The zero-order valence-corrected chi connectivity index (χ0v) is 15.5. The zero-order chi connectivity index (χ0) is 21.0. The largest absolute Gasteiger partial charge is 0.493 e. The number of alkyl halides is 3. The van der Waals surface area contributed by atoms with Crippen LogP contribution in [0.5, 0.6) is 11.5 Å². The number of carbonyl (C=O) groups excluding carboxylic acids is 1. The van der Waals surface area contributed by atoms with Crippen LogP contribution in [0.3, 0.4) is 0 Å². The van der Waals surface area contributed by atoms with E-state index in [0.717, 1.165) is 12.1 Å². The minimum absolute atomic E-state index is 0.00846. The van der Waals surface area contributed by atoms with E-state index >= 15 is 0 Å². The summed E-state index contributed by atoms with van der Waals surface area (Å²) in [6, 6.07) is 11.1. The van der Waals surface area contributed by atoms with Crippen LogP contribution in [-0.2, 0) is 12.8 Å². The molecule has 0 spiro atoms. The highest BCUT2D eigenvalue weighted by atomic mass is 19.4. The Morgan fingerprint density at radius 1 is 1.10 bits per heavy atom. The molecule has 0 bridgehead atoms. The number of benzene rings is 2. The number of aryl methyl sites for hydroxylation is 1. The van der Waals surface area contributed by atoms with Gasteiger partial charge in [-0.2, -0.15) is 13.2 Å². The Labute approximate surface area is 164 Å². The van der Waals surface area contributed by atoms with Crippen molar-refractivity contribution in [3.05, 3.63) is 71.1 Å². The van der Waals surface area contributed by atoms with Gasteiger partial charge in [0, 0.05) is 5.69 Å². The van der Waals surface area contributed by atoms with Crippen molar-refractivity contribution in [1.82, 2.24) is 5.16 Å². The second-order valence-corrected chi connectivity index (χ2v) is 6.03. The van der Waals surface area contributed by atoms with Crippen molar-refractivity contribution in [2.24, 2.45) is 0 Å². The maximum absolute atomic E-state index is 12.6. The molecule has 1 aromatic heterocycles. The predicted octanol–water partition coefficient (Wildman–Crippen LogP) is 4.84. The van der Waals surface area contributed by atoms with Crippen molar-refractivity contribution >= 4 is 11.6 Å². The minimum Gasteiger partial charge on any atom is -0.493 e. The maximum Gasteiger partial charge on any atom is 0.416 e. The topological polar surface area (TPSA) is 73.6 Å². The van der Waals surface area contributed by atoms with Crippen LogP contribution in [0.4, 0.5) is 18.9 Å². The number of carbonyl (C=O) groups is 1. The van der Waals surface area contributed by atoms with Gasteiger partial charge in [-0.15, -0.1) is 0 Å². The normalized spacial score (nSPS) is 11.2. The number of methoxy groups -OCH3 is 1. The van der Waals surface area contributed by atoms with Gasteiger partial charge in [-0.1, -0.05) is 17.3 Å². The molecule has 0 fully saturated rings. The lowest BCUT2D eigenvalue weighted by Gasteiger charge is -2.11. The van der Waals surface area contributed by atoms with Gasteiger partial charge in [0.05, 0.1) is 18.2 Å². The van der Waals surface area contributed by atoms with Gasteiger partial charge < -0.3 is 19.3 Å². The Kier molecular flexibility index (Phi) is 5.76. The summed E-state index contributed by atoms with van der Waals surface area (Å²) in [6.45, 7) is 1.62. The summed E-state index contributed by atoms with van der Waals surface area (Å²) in [5, 5.41) is 6.25. The number of halogens is 3. The van der Waals surface area contributed by atoms with Crippen LogP contribution in [0.1, 0.15) is 27.4 Å². The van der Waals surface area contributed by atoms with E-state index in [1.807, 2.05) is 0 Å². The number of nitrogens with zero attached hydrogens (tertiary/aromatic N) is 1. The van der Waals surface area contributed by atoms with Crippen LogP contribution in [0.2, 0.25) is 0 Å². The molecular formula is C20H17F3N2O4. The molecule has 0 aliphatic carbocycles. The Morgan fingerprint density at radius 2 is 1.76 bits per heavy atom. The van der Waals surface area contributed by atoms with Crippen LogP contribution in [0.25, 0.3) is 0 Å². The lowest BCUT2D eigenvalue weighted by atomic mass is 10.1. The third-order valence-electron chi connectivity index (χ3n) is 4.11. The van der Waals surface area contributed by atoms with Crippen molar-refractivity contribution < 1.29 is 32.0 Å². The number of amides is 1. The van der Waals surface area contributed by atoms with Crippen molar-refractivity contribution in [3.8, 4) is 11.5 Å². The second kappa shape index (κ2) is 8.26. The standard InChI is InChI=1S/C20H17F3N2O4/c1-12-15(11-28-17-6-4-3-5-16(17)27-2)18(25-29-12)19(26)24-14-9-7-13(8-10-14)20(21,22)23/h3-10H,11H2,1-2H3,(H,24,26). The molecule has 152 valence electrons. The smallest absolute Gasteiger partial charge is 0.416 e. The monoisotopic (exact) mass is 406 g/mol. The molecule has 2 aromatic carbocycles. The number of ether oxygens (including phenoxy) is 2. The molecule has 29 heavy (non-hydrogen) atoms. The van der Waals surface area contributed by atoms with Gasteiger partial charge in [0.15, 0.2) is 17.2 Å². The van der Waals surface area contributed by atoms with Crippen LogP contribution < -0.4 is 14.8 Å². The predicted molar refractivity (Wildman–Crippen MR) is 98.0 cm³/mol. The number of nitrogens with one attached hydrogen (secondary N) is 1. The first-order valence-electron chi connectivity index (χ1n) is 8.49. The first kappa shape index (κ1) is 20.2. The lowest BCUT2D eigenvalue weighted by Crippen LogP contribution is -2.15. The third kappa shape index (κ3) is 4.68. The van der Waals surface area contributed by atoms with E-state index in [0.29, 0.717) is 22.8 Å². The molecule has 0 saturated heterocycles. The summed E-state index contributed by atoms with van der Waals surface area (Å²) in [6.07, 6.45) is -4.45. The number of anilines is 1. The van der Waals surface area contributed by atoms with E-state index in [1.54, 1.807) is 31.2 Å². The van der Waals surface area contributed by atoms with Crippen LogP contribution in [0.15, 0.2) is 53.1 Å². The molecule has 0 radical (unpaired) electrons. The molecule has 1 N–H and O–H groups in total. The number of para-hydroxylation sites is 2. The Bertz CT molecular complexity index is 998. The highest BCUT2D eigenvalue weighted by Gasteiger charge is 2.30. The fourth-order valence-corrected chi connectivity index (χ4v) is 2.56. The number of hydrogen-bond donors (Lipinski definition) is 1. The molecule has 0 atom stereocenters. The van der Waals surface area contributed by atoms with Gasteiger partial charge in [0.2, 0.25) is 0 Å². The Morgan fingerprint density at radius 3 is 2.38 bits per heavy atom. The molecule has 0 saturated carbocycles. The van der Waals surface area contributed by atoms with E-state index in [1.165, 1.54) is 19.2 Å². The quantitative estimate of drug-likeness (QED) is 0.634. The summed E-state index contributed by atoms with van der Waals surface area (Å²) < 4.78 is 54.0. The first-order valence-corrected chi connectivity index (χ1v) is 8.49. The SMILES string of the molecule is COc1ccccc1OCc1c(C(=O)Nc2ccc(C(F)(F)F)cc2)noc1C. The maximum atomic E-state index is 12.6. The molecule has 1 amide bonds. The second-order valence-electron chi connectivity index (χ2n) is 6.03. The summed E-state index contributed by atoms with van der Waals surface area (Å²) in [5.41, 5.74) is -0.212. The lowest BCUT2D eigenvalue weighted by molar-refractivity contribution is -0.137. The molecule has 1 heterocycles. The number of hydrogen-bond acceptors (Lipinski definition) is 5.